The quantitative estimate of drug-likeness (QED) is 0.535. The smallest absolute Gasteiger partial charge is 0.372 e. The summed E-state index contributed by atoms with van der Waals surface area (Å²) in [4.78, 5) is 15.6. The number of rotatable bonds is 6. The Morgan fingerprint density at radius 1 is 1.43 bits per heavy atom. The number of imidazole rings is 1. The summed E-state index contributed by atoms with van der Waals surface area (Å²) in [7, 11) is 0. The van der Waals surface area contributed by atoms with Gasteiger partial charge >= 0.3 is 5.82 Å². The van der Waals surface area contributed by atoms with Crippen LogP contribution in [0.15, 0.2) is 41.9 Å². The third-order valence-corrected chi connectivity index (χ3v) is 4.40. The zero-order valence-corrected chi connectivity index (χ0v) is 13.2. The lowest BCUT2D eigenvalue weighted by molar-refractivity contribution is -0.389. The fraction of sp³-hybridized carbons (Fsp3) is 0.267. The van der Waals surface area contributed by atoms with Crippen LogP contribution in [-0.2, 0) is 6.42 Å². The lowest BCUT2D eigenvalue weighted by atomic mass is 10.0. The van der Waals surface area contributed by atoms with E-state index in [0.717, 1.165) is 5.56 Å². The molecule has 120 valence electrons. The van der Waals surface area contributed by atoms with Crippen molar-refractivity contribution in [3.8, 4) is 0 Å². The van der Waals surface area contributed by atoms with Crippen LogP contribution in [-0.4, -0.2) is 31.6 Å². The average molecular weight is 332 g/mol. The molecule has 7 nitrogen and oxygen atoms in total. The van der Waals surface area contributed by atoms with Gasteiger partial charge in [-0.05, 0) is 17.4 Å². The van der Waals surface area contributed by atoms with Crippen LogP contribution in [0.2, 0.25) is 0 Å². The molecule has 2 heterocycles. The first-order chi connectivity index (χ1) is 11.1. The second-order valence-corrected chi connectivity index (χ2v) is 6.16. The molecule has 0 saturated carbocycles. The Kier molecular flexibility index (Phi) is 4.26. The standard InChI is InChI=1S/C15H16N4O3S/c1-10(12(20)9-11-5-3-2-4-6-11)16-13-14(19(21)22)18-7-8-23-15(18)17-13/h2-8,10,12,16,20H,9H2,1H3. The fourth-order valence-electron chi connectivity index (χ4n) is 2.39. The van der Waals surface area contributed by atoms with Crippen molar-refractivity contribution in [1.29, 1.82) is 0 Å². The van der Waals surface area contributed by atoms with Gasteiger partial charge in [-0.1, -0.05) is 41.7 Å². The number of anilines is 1. The molecule has 0 aliphatic carbocycles. The van der Waals surface area contributed by atoms with E-state index in [4.69, 9.17) is 0 Å². The Labute approximate surface area is 136 Å². The summed E-state index contributed by atoms with van der Waals surface area (Å²) >= 11 is 1.32. The van der Waals surface area contributed by atoms with Crippen LogP contribution in [0.4, 0.5) is 11.6 Å². The highest BCUT2D eigenvalue weighted by Gasteiger charge is 2.26. The van der Waals surface area contributed by atoms with Gasteiger partial charge in [-0.2, -0.15) is 9.38 Å². The van der Waals surface area contributed by atoms with E-state index in [1.54, 1.807) is 18.5 Å². The van der Waals surface area contributed by atoms with E-state index >= 15 is 0 Å². The van der Waals surface area contributed by atoms with Crippen LogP contribution < -0.4 is 5.32 Å². The topological polar surface area (TPSA) is 92.7 Å². The van der Waals surface area contributed by atoms with Gasteiger partial charge in [0.25, 0.3) is 4.96 Å². The summed E-state index contributed by atoms with van der Waals surface area (Å²) in [6.07, 6.45) is 1.39. The Hall–Kier alpha value is -2.45. The number of aliphatic hydroxyl groups is 1. The summed E-state index contributed by atoms with van der Waals surface area (Å²) in [6.45, 7) is 1.78. The van der Waals surface area contributed by atoms with Crippen LogP contribution in [0.25, 0.3) is 4.96 Å². The number of nitrogens with one attached hydrogen (secondary N) is 1. The first-order valence-corrected chi connectivity index (χ1v) is 8.02. The van der Waals surface area contributed by atoms with E-state index in [9.17, 15) is 15.2 Å². The van der Waals surface area contributed by atoms with Crippen molar-refractivity contribution >= 4 is 27.9 Å². The summed E-state index contributed by atoms with van der Waals surface area (Å²) < 4.78 is 1.43. The summed E-state index contributed by atoms with van der Waals surface area (Å²) in [5.74, 6) is 0.0708. The first-order valence-electron chi connectivity index (χ1n) is 7.14. The highest BCUT2D eigenvalue weighted by atomic mass is 32.1. The molecule has 3 rings (SSSR count). The number of hydrogen-bond acceptors (Lipinski definition) is 6. The zero-order valence-electron chi connectivity index (χ0n) is 12.4. The van der Waals surface area contributed by atoms with Gasteiger partial charge in [0.05, 0.1) is 12.1 Å². The first kappa shape index (κ1) is 15.4. The molecule has 3 aromatic rings. The minimum Gasteiger partial charge on any atom is -0.391 e. The third-order valence-electron chi connectivity index (χ3n) is 3.64. The van der Waals surface area contributed by atoms with Crippen LogP contribution in [0.3, 0.4) is 0 Å². The number of aromatic nitrogens is 2. The normalized spacial score (nSPS) is 13.8. The minimum atomic E-state index is -0.684. The monoisotopic (exact) mass is 332 g/mol. The third kappa shape index (κ3) is 3.17. The van der Waals surface area contributed by atoms with Crippen LogP contribution in [0, 0.1) is 10.1 Å². The predicted molar refractivity (Wildman–Crippen MR) is 89.0 cm³/mol. The maximum absolute atomic E-state index is 11.3. The van der Waals surface area contributed by atoms with E-state index in [-0.39, 0.29) is 17.7 Å². The van der Waals surface area contributed by atoms with Gasteiger partial charge in [-0.3, -0.25) is 0 Å². The van der Waals surface area contributed by atoms with Crippen LogP contribution in [0.5, 0.6) is 0 Å². The fourth-order valence-corrected chi connectivity index (χ4v) is 3.10. The number of aliphatic hydroxyl groups excluding tert-OH is 1. The molecule has 2 aromatic heterocycles. The Morgan fingerprint density at radius 3 is 2.87 bits per heavy atom. The van der Waals surface area contributed by atoms with Crippen molar-refractivity contribution in [1.82, 2.24) is 9.38 Å². The number of benzene rings is 1. The summed E-state index contributed by atoms with van der Waals surface area (Å²) in [6, 6.07) is 9.23. The largest absolute Gasteiger partial charge is 0.391 e. The number of hydrogen-bond donors (Lipinski definition) is 2. The van der Waals surface area contributed by atoms with Gasteiger partial charge in [-0.25, -0.2) is 0 Å². The van der Waals surface area contributed by atoms with Gasteiger partial charge in [0.2, 0.25) is 5.82 Å². The maximum atomic E-state index is 11.3. The molecule has 0 spiro atoms. The van der Waals surface area contributed by atoms with Crippen LogP contribution in [0.1, 0.15) is 12.5 Å². The molecule has 1 aromatic carbocycles. The van der Waals surface area contributed by atoms with Crippen molar-refractivity contribution in [3.05, 3.63) is 57.6 Å². The predicted octanol–water partition coefficient (Wildman–Crippen LogP) is 2.71. The second-order valence-electron chi connectivity index (χ2n) is 5.29. The molecular formula is C15H16N4O3S. The van der Waals surface area contributed by atoms with Gasteiger partial charge in [0.15, 0.2) is 0 Å². The Bertz CT molecular complexity index is 815. The molecule has 2 unspecified atom stereocenters. The number of thiazole rings is 1. The second kappa shape index (κ2) is 6.35. The molecule has 8 heteroatoms. The van der Waals surface area contributed by atoms with Gasteiger partial charge in [0.1, 0.15) is 6.20 Å². The number of nitro groups is 1. The highest BCUT2D eigenvalue weighted by Crippen LogP contribution is 2.28. The number of nitrogens with zero attached hydrogens (tertiary/aromatic N) is 3. The molecule has 2 N–H and O–H groups in total. The van der Waals surface area contributed by atoms with Crippen molar-refractivity contribution in [2.24, 2.45) is 0 Å². The average Bonchev–Trinajstić information content (AvgIpc) is 3.08. The highest BCUT2D eigenvalue weighted by molar-refractivity contribution is 7.15. The van der Waals surface area contributed by atoms with Crippen molar-refractivity contribution in [2.75, 3.05) is 5.32 Å². The molecule has 0 aliphatic rings. The molecule has 23 heavy (non-hydrogen) atoms. The van der Waals surface area contributed by atoms with E-state index in [0.29, 0.717) is 11.4 Å². The minimum absolute atomic E-state index is 0.111. The molecular weight excluding hydrogens is 316 g/mol. The van der Waals surface area contributed by atoms with E-state index in [2.05, 4.69) is 10.3 Å². The van der Waals surface area contributed by atoms with Crippen molar-refractivity contribution in [2.45, 2.75) is 25.5 Å². The van der Waals surface area contributed by atoms with Crippen molar-refractivity contribution in [3.63, 3.8) is 0 Å². The SMILES string of the molecule is CC(Nc1nc2sccn2c1[N+](=O)[O-])C(O)Cc1ccccc1. The van der Waals surface area contributed by atoms with Crippen LogP contribution >= 0.6 is 11.3 Å². The molecule has 0 amide bonds. The van der Waals surface area contributed by atoms with Gasteiger partial charge < -0.3 is 20.5 Å². The maximum Gasteiger partial charge on any atom is 0.372 e. The Morgan fingerprint density at radius 2 is 2.17 bits per heavy atom. The molecule has 0 saturated heterocycles. The summed E-state index contributed by atoms with van der Waals surface area (Å²) in [5.41, 5.74) is 1.01. The summed E-state index contributed by atoms with van der Waals surface area (Å²) in [5, 5.41) is 26.3. The zero-order chi connectivity index (χ0) is 16.4. The Balaban J connectivity index is 1.77. The number of fused-ring (bicyclic) bond motifs is 1. The van der Waals surface area contributed by atoms with Gasteiger partial charge in [0, 0.05) is 11.8 Å². The molecule has 0 radical (unpaired) electrons. The van der Waals surface area contributed by atoms with Crippen molar-refractivity contribution < 1.29 is 10.0 Å². The lowest BCUT2D eigenvalue weighted by Crippen LogP contribution is -2.32. The van der Waals surface area contributed by atoms with Gasteiger partial charge in [-0.15, -0.1) is 0 Å². The molecule has 0 fully saturated rings. The molecule has 0 bridgehead atoms. The van der Waals surface area contributed by atoms with E-state index in [1.165, 1.54) is 15.7 Å². The lowest BCUT2D eigenvalue weighted by Gasteiger charge is -2.20. The molecule has 0 aliphatic heterocycles. The molecule has 2 atom stereocenters. The van der Waals surface area contributed by atoms with E-state index in [1.807, 2.05) is 30.3 Å². The van der Waals surface area contributed by atoms with E-state index < -0.39 is 11.0 Å².